The van der Waals surface area contributed by atoms with Crippen molar-refractivity contribution in [1.82, 2.24) is 5.32 Å². The summed E-state index contributed by atoms with van der Waals surface area (Å²) in [5, 5.41) is 2.88. The van der Waals surface area contributed by atoms with E-state index in [-0.39, 0.29) is 18.3 Å². The minimum Gasteiger partial charge on any atom is -0.465 e. The number of hydrogen-bond donors (Lipinski definition) is 1. The number of carbonyl (C=O) groups excluding carboxylic acids is 1. The first-order valence-electron chi connectivity index (χ1n) is 4.93. The van der Waals surface area contributed by atoms with E-state index in [4.69, 9.17) is 4.74 Å². The minimum atomic E-state index is -0.307. The fraction of sp³-hybridized carbons (Fsp3) is 0.364. The number of benzene rings is 1. The van der Waals surface area contributed by atoms with Gasteiger partial charge in [-0.15, -0.1) is 0 Å². The largest absolute Gasteiger partial charge is 0.465 e. The lowest BCUT2D eigenvalue weighted by molar-refractivity contribution is -0.142. The van der Waals surface area contributed by atoms with Crippen molar-refractivity contribution in [3.63, 3.8) is 0 Å². The molecular formula is C11H13BrFNO2. The average Bonchev–Trinajstić information content (AvgIpc) is 2.16. The zero-order chi connectivity index (χ0) is 12.0. The Kier molecular flexibility index (Phi) is 5.42. The third-order valence-corrected chi connectivity index (χ3v) is 2.28. The van der Waals surface area contributed by atoms with Crippen LogP contribution in [0.5, 0.6) is 0 Å². The molecule has 5 heteroatoms. The van der Waals surface area contributed by atoms with Crippen LogP contribution in [0.15, 0.2) is 22.7 Å². The van der Waals surface area contributed by atoms with Gasteiger partial charge in [-0.2, -0.15) is 0 Å². The number of ether oxygens (including phenoxy) is 1. The fourth-order valence-corrected chi connectivity index (χ4v) is 1.75. The molecule has 88 valence electrons. The van der Waals surface area contributed by atoms with Crippen LogP contribution in [0.1, 0.15) is 12.5 Å². The molecule has 0 saturated heterocycles. The van der Waals surface area contributed by atoms with Crippen LogP contribution in [0.25, 0.3) is 0 Å². The Morgan fingerprint density at radius 3 is 2.88 bits per heavy atom. The van der Waals surface area contributed by atoms with Crippen LogP contribution in [0.2, 0.25) is 0 Å². The molecule has 16 heavy (non-hydrogen) atoms. The highest BCUT2D eigenvalue weighted by molar-refractivity contribution is 9.10. The van der Waals surface area contributed by atoms with Gasteiger partial charge in [0, 0.05) is 11.0 Å². The summed E-state index contributed by atoms with van der Waals surface area (Å²) in [7, 11) is 0. The van der Waals surface area contributed by atoms with Crippen LogP contribution in [0.4, 0.5) is 4.39 Å². The Bertz CT molecular complexity index is 351. The number of nitrogens with one attached hydrogen (secondary N) is 1. The van der Waals surface area contributed by atoms with E-state index in [1.165, 1.54) is 12.1 Å². The van der Waals surface area contributed by atoms with E-state index in [1.54, 1.807) is 13.0 Å². The van der Waals surface area contributed by atoms with Gasteiger partial charge in [0.1, 0.15) is 5.82 Å². The summed E-state index contributed by atoms with van der Waals surface area (Å²) in [6.07, 6.45) is 0. The molecule has 0 amide bonds. The molecule has 0 aliphatic heterocycles. The maximum absolute atomic E-state index is 13.0. The monoisotopic (exact) mass is 289 g/mol. The number of halogens is 2. The van der Waals surface area contributed by atoms with Crippen molar-refractivity contribution in [1.29, 1.82) is 0 Å². The lowest BCUT2D eigenvalue weighted by Gasteiger charge is -2.05. The van der Waals surface area contributed by atoms with Crippen molar-refractivity contribution in [2.75, 3.05) is 13.2 Å². The maximum Gasteiger partial charge on any atom is 0.319 e. The summed E-state index contributed by atoms with van der Waals surface area (Å²) in [6.45, 7) is 2.67. The number of esters is 1. The van der Waals surface area contributed by atoms with Gasteiger partial charge in [0.2, 0.25) is 0 Å². The average molecular weight is 290 g/mol. The van der Waals surface area contributed by atoms with E-state index in [1.807, 2.05) is 0 Å². The normalized spacial score (nSPS) is 10.2. The molecule has 0 bridgehead atoms. The van der Waals surface area contributed by atoms with Crippen LogP contribution in [-0.4, -0.2) is 19.1 Å². The molecule has 0 aliphatic carbocycles. The molecule has 0 heterocycles. The molecule has 0 spiro atoms. The lowest BCUT2D eigenvalue weighted by atomic mass is 10.2. The standard InChI is InChI=1S/C11H13BrFNO2/c1-2-16-11(15)7-14-6-8-3-9(12)5-10(13)4-8/h3-5,14H,2,6-7H2,1H3. The molecule has 1 aromatic rings. The molecule has 0 radical (unpaired) electrons. The van der Waals surface area contributed by atoms with E-state index < -0.39 is 0 Å². The van der Waals surface area contributed by atoms with Gasteiger partial charge in [-0.25, -0.2) is 4.39 Å². The van der Waals surface area contributed by atoms with Gasteiger partial charge >= 0.3 is 5.97 Å². The first-order valence-corrected chi connectivity index (χ1v) is 5.72. The van der Waals surface area contributed by atoms with E-state index in [0.29, 0.717) is 17.6 Å². The molecule has 0 aromatic heterocycles. The van der Waals surface area contributed by atoms with Gasteiger partial charge in [-0.3, -0.25) is 4.79 Å². The topological polar surface area (TPSA) is 38.3 Å². The van der Waals surface area contributed by atoms with Crippen LogP contribution >= 0.6 is 15.9 Å². The second kappa shape index (κ2) is 6.60. The SMILES string of the molecule is CCOC(=O)CNCc1cc(F)cc(Br)c1. The van der Waals surface area contributed by atoms with E-state index >= 15 is 0 Å². The van der Waals surface area contributed by atoms with Gasteiger partial charge in [-0.05, 0) is 30.7 Å². The van der Waals surface area contributed by atoms with Crippen molar-refractivity contribution < 1.29 is 13.9 Å². The number of hydrogen-bond acceptors (Lipinski definition) is 3. The molecule has 1 N–H and O–H groups in total. The predicted octanol–water partition coefficient (Wildman–Crippen LogP) is 2.24. The first kappa shape index (κ1) is 13.1. The second-order valence-corrected chi connectivity index (χ2v) is 4.10. The first-order chi connectivity index (χ1) is 7.61. The molecule has 0 atom stereocenters. The molecule has 0 fully saturated rings. The highest BCUT2D eigenvalue weighted by Gasteiger charge is 2.02. The fourth-order valence-electron chi connectivity index (χ4n) is 1.23. The van der Waals surface area contributed by atoms with Crippen molar-refractivity contribution in [2.45, 2.75) is 13.5 Å². The smallest absolute Gasteiger partial charge is 0.319 e. The molecule has 0 saturated carbocycles. The molecule has 1 rings (SSSR count). The number of carbonyl (C=O) groups is 1. The van der Waals surface area contributed by atoms with Crippen molar-refractivity contribution in [2.24, 2.45) is 0 Å². The van der Waals surface area contributed by atoms with Crippen LogP contribution < -0.4 is 5.32 Å². The summed E-state index contributed by atoms with van der Waals surface area (Å²) in [4.78, 5) is 11.0. The summed E-state index contributed by atoms with van der Waals surface area (Å²) in [6, 6.07) is 4.60. The predicted molar refractivity (Wildman–Crippen MR) is 62.4 cm³/mol. The summed E-state index contributed by atoms with van der Waals surface area (Å²) < 4.78 is 18.4. The Morgan fingerprint density at radius 1 is 1.50 bits per heavy atom. The minimum absolute atomic E-state index is 0.127. The summed E-state index contributed by atoms with van der Waals surface area (Å²) in [5.41, 5.74) is 0.774. The Labute approximate surface area is 102 Å². The molecule has 0 aliphatic rings. The van der Waals surface area contributed by atoms with Crippen molar-refractivity contribution in [3.05, 3.63) is 34.1 Å². The van der Waals surface area contributed by atoms with Gasteiger partial charge < -0.3 is 10.1 Å². The molecule has 3 nitrogen and oxygen atoms in total. The summed E-state index contributed by atoms with van der Waals surface area (Å²) >= 11 is 3.20. The highest BCUT2D eigenvalue weighted by Crippen LogP contribution is 2.14. The Balaban J connectivity index is 2.40. The third kappa shape index (κ3) is 4.72. The molecule has 1 aromatic carbocycles. The van der Waals surface area contributed by atoms with E-state index in [2.05, 4.69) is 21.2 Å². The van der Waals surface area contributed by atoms with Crippen LogP contribution in [0, 0.1) is 5.82 Å². The zero-order valence-electron chi connectivity index (χ0n) is 8.93. The van der Waals surface area contributed by atoms with Crippen molar-refractivity contribution in [3.8, 4) is 0 Å². The molecule has 0 unspecified atom stereocenters. The van der Waals surface area contributed by atoms with Gasteiger partial charge in [0.15, 0.2) is 0 Å². The lowest BCUT2D eigenvalue weighted by Crippen LogP contribution is -2.24. The maximum atomic E-state index is 13.0. The molecular weight excluding hydrogens is 277 g/mol. The summed E-state index contributed by atoms with van der Waals surface area (Å²) in [5.74, 6) is -0.611. The van der Waals surface area contributed by atoms with Gasteiger partial charge in [-0.1, -0.05) is 15.9 Å². The van der Waals surface area contributed by atoms with Gasteiger partial charge in [0.25, 0.3) is 0 Å². The van der Waals surface area contributed by atoms with E-state index in [9.17, 15) is 9.18 Å². The highest BCUT2D eigenvalue weighted by atomic mass is 79.9. The van der Waals surface area contributed by atoms with E-state index in [0.717, 1.165) is 5.56 Å². The Morgan fingerprint density at radius 2 is 2.25 bits per heavy atom. The van der Waals surface area contributed by atoms with Crippen LogP contribution in [0.3, 0.4) is 0 Å². The van der Waals surface area contributed by atoms with Crippen LogP contribution in [-0.2, 0) is 16.1 Å². The quantitative estimate of drug-likeness (QED) is 0.845. The number of rotatable bonds is 5. The second-order valence-electron chi connectivity index (χ2n) is 3.19. The Hall–Kier alpha value is -0.940. The van der Waals surface area contributed by atoms with Gasteiger partial charge in [0.05, 0.1) is 13.2 Å². The zero-order valence-corrected chi connectivity index (χ0v) is 10.5. The third-order valence-electron chi connectivity index (χ3n) is 1.83. The van der Waals surface area contributed by atoms with Crippen molar-refractivity contribution >= 4 is 21.9 Å².